The highest BCUT2D eigenvalue weighted by molar-refractivity contribution is 6.12. The Morgan fingerprint density at radius 2 is 1.83 bits per heavy atom. The van der Waals surface area contributed by atoms with Crippen molar-refractivity contribution in [3.8, 4) is 0 Å². The van der Waals surface area contributed by atoms with Gasteiger partial charge in [0.25, 0.3) is 0 Å². The molecule has 30 heavy (non-hydrogen) atoms. The number of carbonyl (C=O) groups excluding carboxylic acids is 1. The molecule has 1 aliphatic carbocycles. The van der Waals surface area contributed by atoms with Crippen LogP contribution in [0.3, 0.4) is 0 Å². The van der Waals surface area contributed by atoms with Crippen molar-refractivity contribution >= 4 is 33.6 Å². The van der Waals surface area contributed by atoms with Crippen LogP contribution in [-0.2, 0) is 4.79 Å². The third-order valence-corrected chi connectivity index (χ3v) is 6.49. The summed E-state index contributed by atoms with van der Waals surface area (Å²) < 4.78 is 0. The third kappa shape index (κ3) is 2.98. The zero-order chi connectivity index (χ0) is 20.7. The smallest absolute Gasteiger partial charge is 0.161 e. The molecule has 4 heteroatoms. The molecule has 3 aromatic rings. The van der Waals surface area contributed by atoms with Crippen LogP contribution in [0.5, 0.6) is 0 Å². The molecule has 4 nitrogen and oxygen atoms in total. The number of pyridine rings is 1. The van der Waals surface area contributed by atoms with Gasteiger partial charge in [-0.3, -0.25) is 9.78 Å². The van der Waals surface area contributed by atoms with Crippen molar-refractivity contribution in [2.75, 3.05) is 23.3 Å². The van der Waals surface area contributed by atoms with Gasteiger partial charge >= 0.3 is 0 Å². The van der Waals surface area contributed by atoms with Crippen LogP contribution in [0.2, 0.25) is 0 Å². The third-order valence-electron chi connectivity index (χ3n) is 6.49. The Balaban J connectivity index is 1.64. The van der Waals surface area contributed by atoms with Gasteiger partial charge < -0.3 is 10.2 Å². The molecule has 2 aromatic carbocycles. The van der Waals surface area contributed by atoms with Crippen LogP contribution >= 0.6 is 0 Å². The van der Waals surface area contributed by atoms with Crippen LogP contribution in [0, 0.1) is 0 Å². The maximum absolute atomic E-state index is 13.1. The summed E-state index contributed by atoms with van der Waals surface area (Å²) in [5.74, 6) is 0.271. The number of aromatic nitrogens is 1. The summed E-state index contributed by atoms with van der Waals surface area (Å²) in [7, 11) is 0. The van der Waals surface area contributed by atoms with Gasteiger partial charge in [-0.25, -0.2) is 0 Å². The molecule has 1 aliphatic heterocycles. The van der Waals surface area contributed by atoms with Crippen LogP contribution in [0.15, 0.2) is 60.3 Å². The second-order valence-electron chi connectivity index (χ2n) is 8.07. The van der Waals surface area contributed by atoms with Gasteiger partial charge in [-0.2, -0.15) is 0 Å². The number of fused-ring (bicyclic) bond motifs is 4. The first-order valence-corrected chi connectivity index (χ1v) is 11.0. The van der Waals surface area contributed by atoms with E-state index in [1.807, 2.05) is 12.3 Å². The van der Waals surface area contributed by atoms with Gasteiger partial charge in [-0.05, 0) is 68.2 Å². The van der Waals surface area contributed by atoms with Crippen molar-refractivity contribution in [3.63, 3.8) is 0 Å². The molecule has 0 spiro atoms. The molecule has 1 aromatic heterocycles. The minimum Gasteiger partial charge on any atom is -0.373 e. The molecule has 0 radical (unpaired) electrons. The van der Waals surface area contributed by atoms with Crippen molar-refractivity contribution in [2.24, 2.45) is 0 Å². The Labute approximate surface area is 177 Å². The van der Waals surface area contributed by atoms with Crippen LogP contribution in [0.4, 0.5) is 11.4 Å². The predicted octanol–water partition coefficient (Wildman–Crippen LogP) is 5.75. The standard InChI is InChI=1S/C26H27N3O/c1-3-29(4-2)18-12-10-17(11-13-18)26-25-20(7-5-9-23(25)30)24-19-8-6-16-27-21(19)14-15-22(24)28-26/h6,8,10-16,26,28H,3-5,7,9H2,1-2H3. The zero-order valence-electron chi connectivity index (χ0n) is 17.6. The lowest BCUT2D eigenvalue weighted by Crippen LogP contribution is -2.27. The molecule has 1 N–H and O–H groups in total. The Bertz CT molecular complexity index is 1140. The van der Waals surface area contributed by atoms with Crippen LogP contribution in [-0.4, -0.2) is 23.9 Å². The van der Waals surface area contributed by atoms with E-state index in [-0.39, 0.29) is 11.8 Å². The molecule has 0 saturated heterocycles. The number of ketones is 1. The highest BCUT2D eigenvalue weighted by Crippen LogP contribution is 2.47. The minimum absolute atomic E-state index is 0.0971. The molecule has 1 unspecified atom stereocenters. The number of hydrogen-bond acceptors (Lipinski definition) is 4. The maximum Gasteiger partial charge on any atom is 0.161 e. The van der Waals surface area contributed by atoms with Crippen molar-refractivity contribution in [3.05, 3.63) is 71.4 Å². The van der Waals surface area contributed by atoms with Gasteiger partial charge in [0.2, 0.25) is 0 Å². The van der Waals surface area contributed by atoms with Crippen molar-refractivity contribution in [1.82, 2.24) is 4.98 Å². The van der Waals surface area contributed by atoms with Gasteiger partial charge in [-0.15, -0.1) is 0 Å². The monoisotopic (exact) mass is 397 g/mol. The first-order valence-electron chi connectivity index (χ1n) is 11.0. The Hall–Kier alpha value is -3.14. The number of hydrogen-bond donors (Lipinski definition) is 1. The minimum atomic E-state index is -0.0971. The molecule has 5 rings (SSSR count). The van der Waals surface area contributed by atoms with E-state index in [1.165, 1.54) is 16.8 Å². The summed E-state index contributed by atoms with van der Waals surface area (Å²) >= 11 is 0. The van der Waals surface area contributed by atoms with Crippen molar-refractivity contribution in [1.29, 1.82) is 0 Å². The van der Waals surface area contributed by atoms with Gasteiger partial charge in [0.1, 0.15) is 0 Å². The summed E-state index contributed by atoms with van der Waals surface area (Å²) in [4.78, 5) is 20.0. The van der Waals surface area contributed by atoms with Gasteiger partial charge in [0.15, 0.2) is 5.78 Å². The number of rotatable bonds is 4. The normalized spacial score (nSPS) is 18.1. The molecule has 0 bridgehead atoms. The van der Waals surface area contributed by atoms with Crippen LogP contribution < -0.4 is 10.2 Å². The molecule has 2 aliphatic rings. The molecule has 0 fully saturated rings. The lowest BCUT2D eigenvalue weighted by atomic mass is 9.77. The number of nitrogens with zero attached hydrogens (tertiary/aromatic N) is 2. The molecule has 152 valence electrons. The fraction of sp³-hybridized carbons (Fsp3) is 0.308. The number of carbonyl (C=O) groups is 1. The average Bonchev–Trinajstić information content (AvgIpc) is 2.79. The number of Topliss-reactive ketones (excluding diaryl/α,β-unsaturated/α-hetero) is 1. The van der Waals surface area contributed by atoms with E-state index >= 15 is 0 Å². The predicted molar refractivity (Wildman–Crippen MR) is 124 cm³/mol. The quantitative estimate of drug-likeness (QED) is 0.608. The summed E-state index contributed by atoms with van der Waals surface area (Å²) in [6.07, 6.45) is 4.32. The number of benzene rings is 2. The molecule has 0 saturated carbocycles. The maximum atomic E-state index is 13.1. The van der Waals surface area contributed by atoms with Gasteiger partial charge in [0, 0.05) is 53.6 Å². The molecule has 2 heterocycles. The first-order chi connectivity index (χ1) is 14.7. The molecular formula is C26H27N3O. The first kappa shape index (κ1) is 18.9. The van der Waals surface area contributed by atoms with Crippen molar-refractivity contribution in [2.45, 2.75) is 39.2 Å². The SMILES string of the molecule is CCN(CC)c1ccc(C2Nc3ccc4ncccc4c3C3=C2C(=O)CCC3)cc1. The Kier molecular flexibility index (Phi) is 4.78. The average molecular weight is 398 g/mol. The molecule has 1 atom stereocenters. The fourth-order valence-electron chi connectivity index (χ4n) is 5.00. The van der Waals surface area contributed by atoms with E-state index in [0.717, 1.165) is 53.7 Å². The van der Waals surface area contributed by atoms with E-state index in [9.17, 15) is 4.79 Å². The zero-order valence-corrected chi connectivity index (χ0v) is 17.6. The largest absolute Gasteiger partial charge is 0.373 e. The summed E-state index contributed by atoms with van der Waals surface area (Å²) in [6, 6.07) is 16.9. The number of anilines is 2. The van der Waals surface area contributed by atoms with Gasteiger partial charge in [-0.1, -0.05) is 18.2 Å². The van der Waals surface area contributed by atoms with Crippen molar-refractivity contribution < 1.29 is 4.79 Å². The fourth-order valence-corrected chi connectivity index (χ4v) is 5.00. The van der Waals surface area contributed by atoms with E-state index in [2.05, 4.69) is 71.5 Å². The summed E-state index contributed by atoms with van der Waals surface area (Å²) in [6.45, 7) is 6.32. The van der Waals surface area contributed by atoms with Gasteiger partial charge in [0.05, 0.1) is 11.6 Å². The molecular weight excluding hydrogens is 370 g/mol. The number of allylic oxidation sites excluding steroid dienone is 1. The van der Waals surface area contributed by atoms with Crippen LogP contribution in [0.1, 0.15) is 50.3 Å². The van der Waals surface area contributed by atoms with E-state index in [0.29, 0.717) is 6.42 Å². The highest BCUT2D eigenvalue weighted by atomic mass is 16.1. The summed E-state index contributed by atoms with van der Waals surface area (Å²) in [5, 5.41) is 4.82. The second kappa shape index (κ2) is 7.60. The lowest BCUT2D eigenvalue weighted by Gasteiger charge is -2.35. The Morgan fingerprint density at radius 1 is 1.03 bits per heavy atom. The second-order valence-corrected chi connectivity index (χ2v) is 8.07. The topological polar surface area (TPSA) is 45.2 Å². The van der Waals surface area contributed by atoms with E-state index < -0.39 is 0 Å². The number of nitrogens with one attached hydrogen (secondary N) is 1. The summed E-state index contributed by atoms with van der Waals surface area (Å²) in [5.41, 5.74) is 7.76. The molecule has 0 amide bonds. The van der Waals surface area contributed by atoms with Crippen LogP contribution in [0.25, 0.3) is 16.5 Å². The Morgan fingerprint density at radius 3 is 2.60 bits per heavy atom. The van der Waals surface area contributed by atoms with E-state index in [1.54, 1.807) is 0 Å². The highest BCUT2D eigenvalue weighted by Gasteiger charge is 2.35. The van der Waals surface area contributed by atoms with E-state index in [4.69, 9.17) is 0 Å². The lowest BCUT2D eigenvalue weighted by molar-refractivity contribution is -0.116.